The molecular weight excluding hydrogens is 270 g/mol. The third kappa shape index (κ3) is 2.92. The first-order valence-electron chi connectivity index (χ1n) is 6.89. The molecule has 0 bridgehead atoms. The van der Waals surface area contributed by atoms with E-state index in [0.29, 0.717) is 17.2 Å². The molecule has 110 valence electrons. The molecule has 2 N–H and O–H groups in total. The number of aryl methyl sites for hydroxylation is 1. The van der Waals surface area contributed by atoms with Gasteiger partial charge in [0.1, 0.15) is 17.8 Å². The van der Waals surface area contributed by atoms with E-state index < -0.39 is 0 Å². The van der Waals surface area contributed by atoms with E-state index in [9.17, 15) is 4.79 Å². The predicted octanol–water partition coefficient (Wildman–Crippen LogP) is 0.583. The number of hydrogen-bond donors (Lipinski definition) is 2. The van der Waals surface area contributed by atoms with Gasteiger partial charge >= 0.3 is 0 Å². The largest absolute Gasteiger partial charge is 0.392 e. The SMILES string of the molecule is Cn1ncnc1[C@H](NC(=O)c1cc(CO)ccn1)C1CC1. The summed E-state index contributed by atoms with van der Waals surface area (Å²) in [4.78, 5) is 20.6. The third-order valence-electron chi connectivity index (χ3n) is 3.64. The van der Waals surface area contributed by atoms with Crippen LogP contribution in [-0.2, 0) is 13.7 Å². The summed E-state index contributed by atoms with van der Waals surface area (Å²) in [6, 6.07) is 3.12. The van der Waals surface area contributed by atoms with Crippen LogP contribution in [0.2, 0.25) is 0 Å². The molecule has 1 atom stereocenters. The maximum absolute atomic E-state index is 12.3. The zero-order valence-corrected chi connectivity index (χ0v) is 11.7. The maximum atomic E-state index is 12.3. The number of pyridine rings is 1. The van der Waals surface area contributed by atoms with Gasteiger partial charge in [-0.3, -0.25) is 14.5 Å². The van der Waals surface area contributed by atoms with Gasteiger partial charge < -0.3 is 10.4 Å². The van der Waals surface area contributed by atoms with Crippen molar-refractivity contribution in [2.75, 3.05) is 0 Å². The van der Waals surface area contributed by atoms with Crippen LogP contribution < -0.4 is 5.32 Å². The molecule has 0 radical (unpaired) electrons. The number of carbonyl (C=O) groups excluding carboxylic acids is 1. The number of nitrogens with zero attached hydrogens (tertiary/aromatic N) is 4. The van der Waals surface area contributed by atoms with Crippen molar-refractivity contribution in [1.29, 1.82) is 0 Å². The number of carbonyl (C=O) groups is 1. The lowest BCUT2D eigenvalue weighted by Crippen LogP contribution is -2.32. The van der Waals surface area contributed by atoms with E-state index in [4.69, 9.17) is 5.11 Å². The summed E-state index contributed by atoms with van der Waals surface area (Å²) in [6.45, 7) is -0.113. The van der Waals surface area contributed by atoms with Gasteiger partial charge in [-0.25, -0.2) is 4.98 Å². The quantitative estimate of drug-likeness (QED) is 0.839. The van der Waals surface area contributed by atoms with E-state index in [1.165, 1.54) is 12.5 Å². The van der Waals surface area contributed by atoms with Crippen LogP contribution in [-0.4, -0.2) is 30.8 Å². The minimum atomic E-state index is -0.259. The average Bonchev–Trinajstić information content (AvgIpc) is 3.26. The Hall–Kier alpha value is -2.28. The summed E-state index contributed by atoms with van der Waals surface area (Å²) in [5.74, 6) is 0.896. The van der Waals surface area contributed by atoms with Gasteiger partial charge in [0.05, 0.1) is 12.6 Å². The molecular formula is C14H17N5O2. The number of nitrogens with one attached hydrogen (secondary N) is 1. The van der Waals surface area contributed by atoms with Crippen molar-refractivity contribution < 1.29 is 9.90 Å². The molecule has 21 heavy (non-hydrogen) atoms. The highest BCUT2D eigenvalue weighted by Gasteiger charge is 2.36. The molecule has 1 aliphatic rings. The fourth-order valence-corrected chi connectivity index (χ4v) is 2.32. The fourth-order valence-electron chi connectivity index (χ4n) is 2.32. The Labute approximate surface area is 122 Å². The van der Waals surface area contributed by atoms with E-state index in [1.54, 1.807) is 16.8 Å². The molecule has 0 saturated heterocycles. The highest BCUT2D eigenvalue weighted by molar-refractivity contribution is 5.92. The van der Waals surface area contributed by atoms with Crippen molar-refractivity contribution in [3.63, 3.8) is 0 Å². The molecule has 0 aliphatic heterocycles. The van der Waals surface area contributed by atoms with Crippen LogP contribution in [0.3, 0.4) is 0 Å². The lowest BCUT2D eigenvalue weighted by molar-refractivity contribution is 0.0923. The standard InChI is InChI=1S/C14H17N5O2/c1-19-13(16-8-17-19)12(10-2-3-10)18-14(21)11-6-9(7-20)4-5-15-11/h4-6,8,10,12,20H,2-3,7H2,1H3,(H,18,21)/t12-/m1/s1. The predicted molar refractivity (Wildman–Crippen MR) is 74.1 cm³/mol. The smallest absolute Gasteiger partial charge is 0.270 e. The summed E-state index contributed by atoms with van der Waals surface area (Å²) in [7, 11) is 1.81. The second-order valence-electron chi connectivity index (χ2n) is 5.24. The van der Waals surface area contributed by atoms with E-state index >= 15 is 0 Å². The Morgan fingerprint density at radius 2 is 2.33 bits per heavy atom. The molecule has 1 aliphatic carbocycles. The first kappa shape index (κ1) is 13.7. The number of amides is 1. The van der Waals surface area contributed by atoms with Crippen LogP contribution in [0, 0.1) is 5.92 Å². The number of hydrogen-bond acceptors (Lipinski definition) is 5. The maximum Gasteiger partial charge on any atom is 0.270 e. The Kier molecular flexibility index (Phi) is 3.66. The molecule has 7 nitrogen and oxygen atoms in total. The van der Waals surface area contributed by atoms with Gasteiger partial charge in [0, 0.05) is 13.2 Å². The Balaban J connectivity index is 1.79. The second kappa shape index (κ2) is 5.61. The third-order valence-corrected chi connectivity index (χ3v) is 3.64. The van der Waals surface area contributed by atoms with E-state index in [1.807, 2.05) is 7.05 Å². The highest BCUT2D eigenvalue weighted by Crippen LogP contribution is 2.40. The molecule has 0 unspecified atom stereocenters. The zero-order valence-electron chi connectivity index (χ0n) is 11.7. The fraction of sp³-hybridized carbons (Fsp3) is 0.429. The number of rotatable bonds is 5. The summed E-state index contributed by atoms with van der Waals surface area (Å²) in [5, 5.41) is 16.2. The molecule has 1 amide bonds. The molecule has 2 aromatic rings. The minimum Gasteiger partial charge on any atom is -0.392 e. The van der Waals surface area contributed by atoms with Gasteiger partial charge in [0.15, 0.2) is 0 Å². The van der Waals surface area contributed by atoms with Gasteiger partial charge in [-0.15, -0.1) is 0 Å². The minimum absolute atomic E-state index is 0.113. The molecule has 2 heterocycles. The second-order valence-corrected chi connectivity index (χ2v) is 5.24. The van der Waals surface area contributed by atoms with Gasteiger partial charge in [0.25, 0.3) is 5.91 Å². The number of aliphatic hydroxyl groups excluding tert-OH is 1. The van der Waals surface area contributed by atoms with Gasteiger partial charge in [-0.2, -0.15) is 5.10 Å². The number of aliphatic hydroxyl groups is 1. The van der Waals surface area contributed by atoms with Crippen LogP contribution in [0.15, 0.2) is 24.7 Å². The molecule has 0 spiro atoms. The lowest BCUT2D eigenvalue weighted by Gasteiger charge is -2.17. The van der Waals surface area contributed by atoms with Crippen LogP contribution in [0.25, 0.3) is 0 Å². The van der Waals surface area contributed by atoms with Crippen molar-refractivity contribution in [2.24, 2.45) is 13.0 Å². The summed E-state index contributed by atoms with van der Waals surface area (Å²) in [5.41, 5.74) is 0.964. The van der Waals surface area contributed by atoms with E-state index in [2.05, 4.69) is 20.4 Å². The summed E-state index contributed by atoms with van der Waals surface area (Å²) in [6.07, 6.45) is 5.15. The lowest BCUT2D eigenvalue weighted by atomic mass is 10.1. The topological polar surface area (TPSA) is 92.9 Å². The monoisotopic (exact) mass is 287 g/mol. The van der Waals surface area contributed by atoms with Crippen molar-refractivity contribution in [3.8, 4) is 0 Å². The molecule has 7 heteroatoms. The Bertz CT molecular complexity index is 650. The van der Waals surface area contributed by atoms with Crippen molar-refractivity contribution in [3.05, 3.63) is 41.7 Å². The molecule has 1 fully saturated rings. The van der Waals surface area contributed by atoms with Gasteiger partial charge in [-0.05, 0) is 36.5 Å². The van der Waals surface area contributed by atoms with Crippen LogP contribution in [0.5, 0.6) is 0 Å². The molecule has 2 aromatic heterocycles. The first-order chi connectivity index (χ1) is 10.2. The van der Waals surface area contributed by atoms with E-state index in [-0.39, 0.29) is 18.6 Å². The first-order valence-corrected chi connectivity index (χ1v) is 6.89. The average molecular weight is 287 g/mol. The van der Waals surface area contributed by atoms with Crippen LogP contribution >= 0.6 is 0 Å². The van der Waals surface area contributed by atoms with Crippen molar-refractivity contribution in [2.45, 2.75) is 25.5 Å². The Morgan fingerprint density at radius 3 is 2.95 bits per heavy atom. The van der Waals surface area contributed by atoms with Crippen LogP contribution in [0.4, 0.5) is 0 Å². The summed E-state index contributed by atoms with van der Waals surface area (Å²) >= 11 is 0. The zero-order chi connectivity index (χ0) is 14.8. The van der Waals surface area contributed by atoms with E-state index in [0.717, 1.165) is 18.7 Å². The highest BCUT2D eigenvalue weighted by atomic mass is 16.3. The van der Waals surface area contributed by atoms with Crippen LogP contribution in [0.1, 0.15) is 40.8 Å². The molecule has 0 aromatic carbocycles. The molecule has 1 saturated carbocycles. The number of aromatic nitrogens is 4. The van der Waals surface area contributed by atoms with Gasteiger partial charge in [0.2, 0.25) is 0 Å². The summed E-state index contributed by atoms with van der Waals surface area (Å²) < 4.78 is 1.68. The van der Waals surface area contributed by atoms with Crippen molar-refractivity contribution >= 4 is 5.91 Å². The Morgan fingerprint density at radius 1 is 1.52 bits per heavy atom. The normalized spacial score (nSPS) is 15.7. The van der Waals surface area contributed by atoms with Crippen molar-refractivity contribution in [1.82, 2.24) is 25.1 Å². The van der Waals surface area contributed by atoms with Gasteiger partial charge in [-0.1, -0.05) is 0 Å². The molecule has 3 rings (SSSR count).